The molecule has 33 heavy (non-hydrogen) atoms. The number of carboxylic acid groups (broad SMARTS) is 1. The number of primary amides is 2. The number of aliphatic carboxylic acids is 1. The topological polar surface area (TPSA) is 221 Å². The van der Waals surface area contributed by atoms with Gasteiger partial charge in [0.2, 0.25) is 11.8 Å². The van der Waals surface area contributed by atoms with E-state index in [1.54, 1.807) is 30.3 Å². The van der Waals surface area contributed by atoms with Crippen molar-refractivity contribution in [1.29, 1.82) is 0 Å². The minimum Gasteiger partial charge on any atom is -0.481 e. The molecule has 0 saturated carbocycles. The van der Waals surface area contributed by atoms with E-state index in [9.17, 15) is 44.7 Å². The zero-order chi connectivity index (χ0) is 25.6. The third kappa shape index (κ3) is 5.22. The molecular formula is C22H32N2O9. The highest BCUT2D eigenvalue weighted by Crippen LogP contribution is 2.48. The Morgan fingerprint density at radius 2 is 1.61 bits per heavy atom. The van der Waals surface area contributed by atoms with Gasteiger partial charge in [0.05, 0.1) is 18.4 Å². The van der Waals surface area contributed by atoms with E-state index in [4.69, 9.17) is 11.5 Å². The van der Waals surface area contributed by atoms with Crippen LogP contribution in [0, 0.1) is 17.3 Å². The van der Waals surface area contributed by atoms with Crippen molar-refractivity contribution in [1.82, 2.24) is 0 Å². The van der Waals surface area contributed by atoms with E-state index in [1.807, 2.05) is 0 Å². The van der Waals surface area contributed by atoms with E-state index in [1.165, 1.54) is 0 Å². The SMILES string of the molecule is CC(=O)[C@@](C(N)=O)(C(C)C(N)=O)[C@](O)(C(CCCc1ccccc1)C(=O)O)[C@H](O)[C@H](O)CO. The molecule has 2 amide bonds. The van der Waals surface area contributed by atoms with Gasteiger partial charge < -0.3 is 37.0 Å². The molecule has 0 aromatic heterocycles. The minimum atomic E-state index is -3.30. The van der Waals surface area contributed by atoms with Crippen molar-refractivity contribution in [2.75, 3.05) is 6.61 Å². The molecule has 2 unspecified atom stereocenters. The Balaban J connectivity index is 3.73. The van der Waals surface area contributed by atoms with Crippen LogP contribution in [0.5, 0.6) is 0 Å². The summed E-state index contributed by atoms with van der Waals surface area (Å²) in [5.74, 6) is -9.77. The molecule has 11 nitrogen and oxygen atoms in total. The number of Topliss-reactive ketones (excluding diaryl/α,β-unsaturated/α-hetero) is 1. The number of carbonyl (C=O) groups is 4. The number of aryl methyl sites for hydroxylation is 1. The van der Waals surface area contributed by atoms with E-state index < -0.39 is 65.2 Å². The molecule has 0 aliphatic carbocycles. The molecule has 1 aromatic carbocycles. The van der Waals surface area contributed by atoms with Crippen molar-refractivity contribution in [2.24, 2.45) is 28.7 Å². The van der Waals surface area contributed by atoms with Crippen molar-refractivity contribution in [2.45, 2.75) is 50.9 Å². The number of aliphatic hydroxyl groups is 4. The molecule has 0 heterocycles. The number of nitrogens with two attached hydrogens (primary N) is 2. The lowest BCUT2D eigenvalue weighted by Crippen LogP contribution is -2.74. The third-order valence-electron chi connectivity index (χ3n) is 6.28. The van der Waals surface area contributed by atoms with Gasteiger partial charge in [-0.2, -0.15) is 0 Å². The number of rotatable bonds is 14. The highest BCUT2D eigenvalue weighted by Gasteiger charge is 2.70. The van der Waals surface area contributed by atoms with Crippen molar-refractivity contribution < 1.29 is 44.7 Å². The zero-order valence-electron chi connectivity index (χ0n) is 18.5. The highest BCUT2D eigenvalue weighted by atomic mass is 16.4. The lowest BCUT2D eigenvalue weighted by molar-refractivity contribution is -0.230. The number of ketones is 1. The predicted octanol–water partition coefficient (Wildman–Crippen LogP) is -1.66. The first-order valence-corrected chi connectivity index (χ1v) is 10.4. The van der Waals surface area contributed by atoms with Crippen LogP contribution in [0.1, 0.15) is 32.3 Å². The summed E-state index contributed by atoms with van der Waals surface area (Å²) in [7, 11) is 0. The van der Waals surface area contributed by atoms with E-state index in [0.717, 1.165) is 19.4 Å². The van der Waals surface area contributed by atoms with Gasteiger partial charge in [0.1, 0.15) is 29.0 Å². The zero-order valence-corrected chi connectivity index (χ0v) is 18.5. The van der Waals surface area contributed by atoms with Crippen LogP contribution in [0.3, 0.4) is 0 Å². The first-order chi connectivity index (χ1) is 15.3. The van der Waals surface area contributed by atoms with Gasteiger partial charge in [0.15, 0.2) is 0 Å². The number of aliphatic hydroxyl groups excluding tert-OH is 3. The number of benzene rings is 1. The van der Waals surface area contributed by atoms with E-state index in [0.29, 0.717) is 6.42 Å². The van der Waals surface area contributed by atoms with Gasteiger partial charge in [0, 0.05) is 0 Å². The van der Waals surface area contributed by atoms with Crippen molar-refractivity contribution >= 4 is 23.6 Å². The third-order valence-corrected chi connectivity index (χ3v) is 6.28. The van der Waals surface area contributed by atoms with Gasteiger partial charge in [-0.05, 0) is 31.7 Å². The van der Waals surface area contributed by atoms with Gasteiger partial charge in [-0.25, -0.2) is 0 Å². The van der Waals surface area contributed by atoms with Crippen LogP contribution in [0.25, 0.3) is 0 Å². The molecule has 0 aliphatic heterocycles. The fraction of sp³-hybridized carbons (Fsp3) is 0.545. The normalized spacial score (nSPS) is 18.7. The largest absolute Gasteiger partial charge is 0.481 e. The van der Waals surface area contributed by atoms with Crippen LogP contribution in [0.2, 0.25) is 0 Å². The highest BCUT2D eigenvalue weighted by molar-refractivity contribution is 6.10. The summed E-state index contributed by atoms with van der Waals surface area (Å²) in [6, 6.07) is 8.89. The maximum Gasteiger partial charge on any atom is 0.309 e. The predicted molar refractivity (Wildman–Crippen MR) is 115 cm³/mol. The molecule has 184 valence electrons. The summed E-state index contributed by atoms with van der Waals surface area (Å²) in [6.45, 7) is 0.619. The molecule has 0 radical (unpaired) electrons. The molecule has 11 heteroatoms. The molecule has 0 aliphatic rings. The first-order valence-electron chi connectivity index (χ1n) is 10.4. The standard InChI is InChI=1S/C22H32N2O9/c1-12(18(23)29)21(13(2)26,20(24)32)22(33,17(28)16(27)11-25)15(19(30)31)10-6-9-14-7-4-3-5-8-14/h3-5,7-8,12,15-17,25,27-28,33H,6,9-11H2,1-2H3,(H2,23,29)(H2,24,32)(H,30,31)/t12?,15?,16-,17-,21-,22+/m1/s1. The monoisotopic (exact) mass is 468 g/mol. The Kier molecular flexibility index (Phi) is 9.67. The van der Waals surface area contributed by atoms with Crippen molar-refractivity contribution in [3.63, 3.8) is 0 Å². The van der Waals surface area contributed by atoms with Crippen molar-refractivity contribution in [3.8, 4) is 0 Å². The molecule has 1 aromatic rings. The van der Waals surface area contributed by atoms with Crippen LogP contribution in [-0.2, 0) is 25.6 Å². The second-order valence-corrected chi connectivity index (χ2v) is 8.14. The minimum absolute atomic E-state index is 0.114. The maximum absolute atomic E-state index is 12.8. The van der Waals surface area contributed by atoms with E-state index in [-0.39, 0.29) is 12.8 Å². The average Bonchev–Trinajstić information content (AvgIpc) is 2.75. The number of hydrogen-bond acceptors (Lipinski definition) is 8. The van der Waals surface area contributed by atoms with Gasteiger partial charge >= 0.3 is 5.97 Å². The van der Waals surface area contributed by atoms with Gasteiger partial charge in [-0.1, -0.05) is 37.3 Å². The van der Waals surface area contributed by atoms with Gasteiger partial charge in [-0.15, -0.1) is 0 Å². The quantitative estimate of drug-likeness (QED) is 0.155. The Morgan fingerprint density at radius 3 is 2.00 bits per heavy atom. The summed E-state index contributed by atoms with van der Waals surface area (Å²) in [6.07, 6.45) is -4.66. The number of carbonyl (C=O) groups excluding carboxylic acids is 3. The average molecular weight is 469 g/mol. The smallest absolute Gasteiger partial charge is 0.309 e. The fourth-order valence-corrected chi connectivity index (χ4v) is 4.53. The second-order valence-electron chi connectivity index (χ2n) is 8.14. The van der Waals surface area contributed by atoms with Crippen LogP contribution in [0.15, 0.2) is 30.3 Å². The Labute approximate surface area is 191 Å². The molecule has 0 bridgehead atoms. The van der Waals surface area contributed by atoms with Crippen molar-refractivity contribution in [3.05, 3.63) is 35.9 Å². The van der Waals surface area contributed by atoms with E-state index >= 15 is 0 Å². The van der Waals surface area contributed by atoms with Crippen LogP contribution in [0.4, 0.5) is 0 Å². The lowest BCUT2D eigenvalue weighted by Gasteiger charge is -2.51. The number of carboxylic acids is 1. The fourth-order valence-electron chi connectivity index (χ4n) is 4.53. The second kappa shape index (κ2) is 11.3. The first kappa shape index (κ1) is 28.2. The number of amides is 2. The summed E-state index contributed by atoms with van der Waals surface area (Å²) < 4.78 is 0. The number of hydrogen-bond donors (Lipinski definition) is 7. The lowest BCUT2D eigenvalue weighted by atomic mass is 9.53. The maximum atomic E-state index is 12.8. The van der Waals surface area contributed by atoms with Gasteiger partial charge in [-0.3, -0.25) is 19.2 Å². The van der Waals surface area contributed by atoms with Crippen LogP contribution < -0.4 is 11.5 Å². The Hall–Kier alpha value is -2.86. The summed E-state index contributed by atoms with van der Waals surface area (Å²) >= 11 is 0. The molecule has 0 saturated heterocycles. The Bertz CT molecular complexity index is 847. The van der Waals surface area contributed by atoms with Crippen LogP contribution in [-0.4, -0.2) is 73.5 Å². The summed E-state index contributed by atoms with van der Waals surface area (Å²) in [5, 5.41) is 52.0. The van der Waals surface area contributed by atoms with Crippen LogP contribution >= 0.6 is 0 Å². The molecule has 1 rings (SSSR count). The Morgan fingerprint density at radius 1 is 1.06 bits per heavy atom. The molecule has 6 atom stereocenters. The van der Waals surface area contributed by atoms with Gasteiger partial charge in [0.25, 0.3) is 0 Å². The molecule has 9 N–H and O–H groups in total. The summed E-state index contributed by atoms with van der Waals surface area (Å²) in [4.78, 5) is 49.9. The molecular weight excluding hydrogens is 436 g/mol. The van der Waals surface area contributed by atoms with E-state index in [2.05, 4.69) is 0 Å². The molecule has 0 spiro atoms. The molecule has 0 fully saturated rings. The summed E-state index contributed by atoms with van der Waals surface area (Å²) in [5.41, 5.74) is 5.27.